The Hall–Kier alpha value is -2.83. The van der Waals surface area contributed by atoms with Crippen molar-refractivity contribution in [3.8, 4) is 11.9 Å². The van der Waals surface area contributed by atoms with Crippen molar-refractivity contribution in [2.45, 2.75) is 25.1 Å². The third kappa shape index (κ3) is 3.93. The van der Waals surface area contributed by atoms with Gasteiger partial charge in [0.25, 0.3) is 0 Å². The van der Waals surface area contributed by atoms with E-state index in [0.29, 0.717) is 15.9 Å². The van der Waals surface area contributed by atoms with E-state index in [1.807, 2.05) is 6.07 Å². The molecule has 3 aromatic rings. The number of alkyl halides is 3. The van der Waals surface area contributed by atoms with Gasteiger partial charge < -0.3 is 10.5 Å². The molecule has 0 aliphatic carbocycles. The van der Waals surface area contributed by atoms with Crippen LogP contribution in [0.5, 0.6) is 5.88 Å². The molecule has 0 amide bonds. The molecule has 0 fully saturated rings. The Bertz CT molecular complexity index is 1190. The SMILES string of the molecule is COc1c2cc(Cl)ccc2nn1CC(C)(C#N)c1cc(C(N)=S)ccc1C(F)(F)F. The van der Waals surface area contributed by atoms with Crippen molar-refractivity contribution in [3.63, 3.8) is 0 Å². The fourth-order valence-corrected chi connectivity index (χ4v) is 3.58. The van der Waals surface area contributed by atoms with E-state index in [4.69, 9.17) is 34.3 Å². The highest BCUT2D eigenvalue weighted by atomic mass is 35.5. The van der Waals surface area contributed by atoms with Crippen LogP contribution < -0.4 is 10.5 Å². The smallest absolute Gasteiger partial charge is 0.416 e. The molecule has 30 heavy (non-hydrogen) atoms. The maximum Gasteiger partial charge on any atom is 0.416 e. The number of nitriles is 1. The number of nitrogens with two attached hydrogens (primary N) is 1. The first-order valence-corrected chi connectivity index (χ1v) is 9.41. The zero-order chi connectivity index (χ0) is 22.3. The van der Waals surface area contributed by atoms with Crippen molar-refractivity contribution in [3.05, 3.63) is 58.1 Å². The molecular formula is C20H16ClF3N4OS. The number of ether oxygens (including phenoxy) is 1. The summed E-state index contributed by atoms with van der Waals surface area (Å²) in [6.45, 7) is 1.20. The van der Waals surface area contributed by atoms with Gasteiger partial charge in [-0.05, 0) is 42.8 Å². The Morgan fingerprint density at radius 2 is 1.97 bits per heavy atom. The van der Waals surface area contributed by atoms with E-state index >= 15 is 0 Å². The van der Waals surface area contributed by atoms with Crippen molar-refractivity contribution in [2.75, 3.05) is 7.11 Å². The summed E-state index contributed by atoms with van der Waals surface area (Å²) in [6.07, 6.45) is -4.67. The Balaban J connectivity index is 2.20. The van der Waals surface area contributed by atoms with Crippen molar-refractivity contribution < 1.29 is 17.9 Å². The number of nitrogens with zero attached hydrogens (tertiary/aromatic N) is 3. The maximum absolute atomic E-state index is 13.7. The highest BCUT2D eigenvalue weighted by Crippen LogP contribution is 2.40. The van der Waals surface area contributed by atoms with Crippen LogP contribution in [0.1, 0.15) is 23.6 Å². The van der Waals surface area contributed by atoms with E-state index in [1.165, 1.54) is 30.8 Å². The average molecular weight is 453 g/mol. The lowest BCUT2D eigenvalue weighted by molar-refractivity contribution is -0.138. The van der Waals surface area contributed by atoms with Crippen LogP contribution in [0.25, 0.3) is 10.9 Å². The quantitative estimate of drug-likeness (QED) is 0.561. The van der Waals surface area contributed by atoms with Crippen LogP contribution in [-0.2, 0) is 18.1 Å². The van der Waals surface area contributed by atoms with Gasteiger partial charge in [0.15, 0.2) is 0 Å². The van der Waals surface area contributed by atoms with E-state index in [1.54, 1.807) is 18.2 Å². The highest BCUT2D eigenvalue weighted by Gasteiger charge is 2.41. The van der Waals surface area contributed by atoms with Crippen LogP contribution in [0.3, 0.4) is 0 Å². The third-order valence-electron chi connectivity index (χ3n) is 4.76. The summed E-state index contributed by atoms with van der Waals surface area (Å²) in [5, 5.41) is 15.3. The number of rotatable bonds is 5. The second-order valence-electron chi connectivity index (χ2n) is 6.89. The van der Waals surface area contributed by atoms with Gasteiger partial charge in [0.2, 0.25) is 5.88 Å². The number of fused-ring (bicyclic) bond motifs is 1. The molecule has 1 unspecified atom stereocenters. The Morgan fingerprint density at radius 3 is 2.53 bits per heavy atom. The predicted molar refractivity (Wildman–Crippen MR) is 112 cm³/mol. The Kier molecular flexibility index (Phi) is 5.67. The zero-order valence-electron chi connectivity index (χ0n) is 15.9. The van der Waals surface area contributed by atoms with Gasteiger partial charge in [-0.25, -0.2) is 4.68 Å². The summed E-state index contributed by atoms with van der Waals surface area (Å²) < 4.78 is 47.9. The molecule has 5 nitrogen and oxygen atoms in total. The Labute approximate surface area is 180 Å². The number of hydrogen-bond donors (Lipinski definition) is 1. The fourth-order valence-electron chi connectivity index (χ4n) is 3.29. The minimum absolute atomic E-state index is 0.0673. The monoisotopic (exact) mass is 452 g/mol. The van der Waals surface area contributed by atoms with Gasteiger partial charge >= 0.3 is 6.18 Å². The molecule has 0 bridgehead atoms. The molecule has 10 heteroatoms. The van der Waals surface area contributed by atoms with Crippen molar-refractivity contribution >= 4 is 39.7 Å². The molecule has 3 rings (SSSR count). The third-order valence-corrected chi connectivity index (χ3v) is 5.23. The molecule has 0 aliphatic heterocycles. The summed E-state index contributed by atoms with van der Waals surface area (Å²) in [5.41, 5.74) is 3.57. The summed E-state index contributed by atoms with van der Waals surface area (Å²) >= 11 is 10.9. The molecule has 2 N–H and O–H groups in total. The molecule has 0 aliphatic rings. The number of thiocarbonyl (C=S) groups is 1. The fraction of sp³-hybridized carbons (Fsp3) is 0.250. The molecule has 0 saturated carbocycles. The minimum Gasteiger partial charge on any atom is -0.481 e. The molecule has 1 aromatic heterocycles. The summed E-state index contributed by atoms with van der Waals surface area (Å²) in [5.74, 6) is 0.285. The van der Waals surface area contributed by atoms with E-state index in [-0.39, 0.29) is 28.5 Å². The van der Waals surface area contributed by atoms with Gasteiger partial charge in [0, 0.05) is 10.6 Å². The molecule has 156 valence electrons. The van der Waals surface area contributed by atoms with Crippen molar-refractivity contribution in [1.29, 1.82) is 5.26 Å². The normalized spacial score (nSPS) is 13.6. The number of methoxy groups -OCH3 is 1. The summed E-state index contributed by atoms with van der Waals surface area (Å²) in [4.78, 5) is -0.0673. The molecule has 2 aromatic carbocycles. The number of hydrogen-bond acceptors (Lipinski definition) is 4. The zero-order valence-corrected chi connectivity index (χ0v) is 17.5. The van der Waals surface area contributed by atoms with Gasteiger partial charge in [0.05, 0.1) is 41.6 Å². The van der Waals surface area contributed by atoms with Gasteiger partial charge in [-0.3, -0.25) is 0 Å². The van der Waals surface area contributed by atoms with Crippen LogP contribution >= 0.6 is 23.8 Å². The van der Waals surface area contributed by atoms with E-state index in [9.17, 15) is 18.4 Å². The van der Waals surface area contributed by atoms with Gasteiger partial charge in [-0.1, -0.05) is 29.9 Å². The molecular weight excluding hydrogens is 437 g/mol. The number of benzene rings is 2. The van der Waals surface area contributed by atoms with Crippen molar-refractivity contribution in [2.24, 2.45) is 5.73 Å². The predicted octanol–water partition coefficient (Wildman–Crippen LogP) is 4.83. The minimum atomic E-state index is -4.67. The first-order valence-electron chi connectivity index (χ1n) is 8.63. The van der Waals surface area contributed by atoms with Gasteiger partial charge in [0.1, 0.15) is 4.99 Å². The standard InChI is InChI=1S/C20H16ClF3N4OS/c1-19(9-25,15-7-11(17(26)30)3-5-14(15)20(22,23)24)10-28-18(29-2)13-8-12(21)4-6-16(13)27-28/h3-8H,10H2,1-2H3,(H2,26,30). The lowest BCUT2D eigenvalue weighted by Crippen LogP contribution is -2.31. The van der Waals surface area contributed by atoms with E-state index < -0.39 is 17.2 Å². The van der Waals surface area contributed by atoms with Crippen molar-refractivity contribution in [1.82, 2.24) is 9.78 Å². The van der Waals surface area contributed by atoms with E-state index in [2.05, 4.69) is 5.10 Å². The van der Waals surface area contributed by atoms with Crippen LogP contribution in [0.2, 0.25) is 5.02 Å². The van der Waals surface area contributed by atoms with Crippen LogP contribution in [0.4, 0.5) is 13.2 Å². The Morgan fingerprint density at radius 1 is 1.27 bits per heavy atom. The second-order valence-corrected chi connectivity index (χ2v) is 7.77. The van der Waals surface area contributed by atoms with E-state index in [0.717, 1.165) is 6.07 Å². The van der Waals surface area contributed by atoms with Crippen LogP contribution in [0, 0.1) is 11.3 Å². The first kappa shape index (κ1) is 21.9. The van der Waals surface area contributed by atoms with Crippen LogP contribution in [-0.4, -0.2) is 21.9 Å². The van der Waals surface area contributed by atoms with Gasteiger partial charge in [-0.15, -0.1) is 0 Å². The van der Waals surface area contributed by atoms with Crippen LogP contribution in [0.15, 0.2) is 36.4 Å². The maximum atomic E-state index is 13.7. The first-order chi connectivity index (χ1) is 14.0. The lowest BCUT2D eigenvalue weighted by atomic mass is 9.80. The average Bonchev–Trinajstić information content (AvgIpc) is 3.02. The molecule has 1 atom stereocenters. The summed E-state index contributed by atoms with van der Waals surface area (Å²) in [6, 6.07) is 10.2. The van der Waals surface area contributed by atoms with Gasteiger partial charge in [-0.2, -0.15) is 23.5 Å². The lowest BCUT2D eigenvalue weighted by Gasteiger charge is -2.27. The molecule has 0 saturated heterocycles. The highest BCUT2D eigenvalue weighted by molar-refractivity contribution is 7.80. The summed E-state index contributed by atoms with van der Waals surface area (Å²) in [7, 11) is 1.41. The molecule has 0 spiro atoms. The number of aromatic nitrogens is 2. The molecule has 0 radical (unpaired) electrons. The second kappa shape index (κ2) is 7.78. The largest absolute Gasteiger partial charge is 0.481 e. The molecule has 1 heterocycles. The topological polar surface area (TPSA) is 76.9 Å². The number of halogens is 4.